The minimum Gasteiger partial charge on any atom is -0.496 e. The average Bonchev–Trinajstić information content (AvgIpc) is 2.76. The van der Waals surface area contributed by atoms with Gasteiger partial charge in [0.2, 0.25) is 0 Å². The van der Waals surface area contributed by atoms with E-state index in [1.165, 1.54) is 5.56 Å². The summed E-state index contributed by atoms with van der Waals surface area (Å²) in [5.41, 5.74) is 3.34. The highest BCUT2D eigenvalue weighted by Crippen LogP contribution is 2.21. The summed E-state index contributed by atoms with van der Waals surface area (Å²) in [5.74, 6) is 1.73. The van der Waals surface area contributed by atoms with Gasteiger partial charge in [-0.3, -0.25) is 4.68 Å². The number of nitrogens with zero attached hydrogens (tertiary/aromatic N) is 2. The molecule has 0 bridgehead atoms. The second-order valence-corrected chi connectivity index (χ2v) is 4.73. The molecule has 0 amide bonds. The third-order valence-electron chi connectivity index (χ3n) is 3.23. The van der Waals surface area contributed by atoms with Crippen LogP contribution in [0.2, 0.25) is 0 Å². The topological polar surface area (TPSA) is 48.3 Å². The summed E-state index contributed by atoms with van der Waals surface area (Å²) < 4.78 is 12.4. The lowest BCUT2D eigenvalue weighted by atomic mass is 10.1. The molecule has 0 aliphatic rings. The maximum atomic E-state index is 5.32. The first-order valence-electron chi connectivity index (χ1n) is 6.53. The maximum Gasteiger partial charge on any atom is 0.148 e. The Morgan fingerprint density at radius 3 is 2.65 bits per heavy atom. The molecule has 0 spiro atoms. The Morgan fingerprint density at radius 2 is 2.05 bits per heavy atom. The molecule has 0 aliphatic carbocycles. The van der Waals surface area contributed by atoms with Crippen LogP contribution in [-0.4, -0.2) is 24.0 Å². The van der Waals surface area contributed by atoms with Gasteiger partial charge < -0.3 is 14.8 Å². The van der Waals surface area contributed by atoms with Crippen molar-refractivity contribution in [3.05, 3.63) is 41.1 Å². The molecule has 5 nitrogen and oxygen atoms in total. The van der Waals surface area contributed by atoms with E-state index < -0.39 is 0 Å². The number of anilines is 1. The molecule has 1 heterocycles. The van der Waals surface area contributed by atoms with E-state index in [1.54, 1.807) is 14.2 Å². The summed E-state index contributed by atoms with van der Waals surface area (Å²) in [6.45, 7) is 3.29. The van der Waals surface area contributed by atoms with Crippen LogP contribution in [-0.2, 0) is 24.9 Å². The van der Waals surface area contributed by atoms with E-state index in [2.05, 4.69) is 16.5 Å². The van der Waals surface area contributed by atoms with E-state index in [4.69, 9.17) is 9.47 Å². The lowest BCUT2D eigenvalue weighted by molar-refractivity contribution is 0.181. The first kappa shape index (κ1) is 14.4. The molecule has 0 fully saturated rings. The Hall–Kier alpha value is -2.01. The van der Waals surface area contributed by atoms with Gasteiger partial charge in [0.25, 0.3) is 0 Å². The van der Waals surface area contributed by atoms with Crippen molar-refractivity contribution in [2.45, 2.75) is 20.1 Å². The summed E-state index contributed by atoms with van der Waals surface area (Å²) >= 11 is 0. The zero-order chi connectivity index (χ0) is 14.5. The molecule has 0 atom stereocenters. The fourth-order valence-corrected chi connectivity index (χ4v) is 2.05. The molecule has 0 aliphatic heterocycles. The Bertz CT molecular complexity index is 559. The largest absolute Gasteiger partial charge is 0.496 e. The number of hydrogen-bond donors (Lipinski definition) is 1. The molecule has 2 rings (SSSR count). The van der Waals surface area contributed by atoms with Gasteiger partial charge in [0, 0.05) is 38.0 Å². The molecule has 0 saturated carbocycles. The minimum absolute atomic E-state index is 0.541. The van der Waals surface area contributed by atoms with Crippen LogP contribution in [0.5, 0.6) is 5.75 Å². The molecule has 5 heteroatoms. The molecule has 0 saturated heterocycles. The Balaban J connectivity index is 2.07. The average molecular weight is 275 g/mol. The van der Waals surface area contributed by atoms with Crippen LogP contribution in [0.3, 0.4) is 0 Å². The predicted molar refractivity (Wildman–Crippen MR) is 79.0 cm³/mol. The minimum atomic E-state index is 0.541. The third kappa shape index (κ3) is 3.30. The normalized spacial score (nSPS) is 10.6. The van der Waals surface area contributed by atoms with Crippen LogP contribution in [0.1, 0.15) is 16.8 Å². The van der Waals surface area contributed by atoms with Crippen molar-refractivity contribution in [1.29, 1.82) is 0 Å². The maximum absolute atomic E-state index is 5.32. The lowest BCUT2D eigenvalue weighted by Crippen LogP contribution is -2.03. The van der Waals surface area contributed by atoms with Gasteiger partial charge in [0.15, 0.2) is 0 Å². The smallest absolute Gasteiger partial charge is 0.148 e. The summed E-state index contributed by atoms with van der Waals surface area (Å²) in [6, 6.07) is 8.13. The van der Waals surface area contributed by atoms with Crippen molar-refractivity contribution in [3.63, 3.8) is 0 Å². The third-order valence-corrected chi connectivity index (χ3v) is 3.23. The van der Waals surface area contributed by atoms with E-state index in [9.17, 15) is 0 Å². The molecular weight excluding hydrogens is 254 g/mol. The molecule has 1 aromatic heterocycles. The number of benzene rings is 1. The lowest BCUT2D eigenvalue weighted by Gasteiger charge is -2.10. The van der Waals surface area contributed by atoms with Crippen molar-refractivity contribution < 1.29 is 9.47 Å². The number of methoxy groups -OCH3 is 2. The zero-order valence-corrected chi connectivity index (χ0v) is 12.4. The molecule has 20 heavy (non-hydrogen) atoms. The monoisotopic (exact) mass is 275 g/mol. The van der Waals surface area contributed by atoms with Crippen molar-refractivity contribution in [2.24, 2.45) is 7.05 Å². The summed E-state index contributed by atoms with van der Waals surface area (Å²) in [6.07, 6.45) is 0. The number of rotatable bonds is 6. The van der Waals surface area contributed by atoms with Gasteiger partial charge in [0.05, 0.1) is 13.7 Å². The van der Waals surface area contributed by atoms with Crippen molar-refractivity contribution in [3.8, 4) is 5.75 Å². The highest BCUT2D eigenvalue weighted by molar-refractivity contribution is 5.40. The van der Waals surface area contributed by atoms with Crippen molar-refractivity contribution in [2.75, 3.05) is 19.5 Å². The number of aryl methyl sites for hydroxylation is 2. The van der Waals surface area contributed by atoms with Gasteiger partial charge in [-0.05, 0) is 24.6 Å². The van der Waals surface area contributed by atoms with E-state index in [-0.39, 0.29) is 0 Å². The van der Waals surface area contributed by atoms with Gasteiger partial charge in [-0.1, -0.05) is 6.07 Å². The Morgan fingerprint density at radius 1 is 1.25 bits per heavy atom. The molecule has 1 N–H and O–H groups in total. The van der Waals surface area contributed by atoms with Crippen LogP contribution in [0.4, 0.5) is 5.82 Å². The van der Waals surface area contributed by atoms with Crippen molar-refractivity contribution in [1.82, 2.24) is 9.78 Å². The van der Waals surface area contributed by atoms with E-state index in [0.717, 1.165) is 29.4 Å². The summed E-state index contributed by atoms with van der Waals surface area (Å²) in [7, 11) is 5.29. The van der Waals surface area contributed by atoms with Gasteiger partial charge in [-0.2, -0.15) is 5.10 Å². The van der Waals surface area contributed by atoms with Crippen molar-refractivity contribution >= 4 is 5.82 Å². The van der Waals surface area contributed by atoms with Crippen LogP contribution < -0.4 is 10.1 Å². The molecule has 0 unspecified atom stereocenters. The van der Waals surface area contributed by atoms with E-state index in [0.29, 0.717) is 6.61 Å². The fraction of sp³-hybridized carbons (Fsp3) is 0.400. The Kier molecular flexibility index (Phi) is 4.63. The van der Waals surface area contributed by atoms with Crippen LogP contribution in [0.15, 0.2) is 24.3 Å². The molecule has 0 radical (unpaired) electrons. The second kappa shape index (κ2) is 6.43. The van der Waals surface area contributed by atoms with Crippen LogP contribution in [0, 0.1) is 6.92 Å². The van der Waals surface area contributed by atoms with Gasteiger partial charge in [-0.25, -0.2) is 0 Å². The van der Waals surface area contributed by atoms with E-state index in [1.807, 2.05) is 36.9 Å². The van der Waals surface area contributed by atoms with Gasteiger partial charge in [0.1, 0.15) is 11.6 Å². The SMILES string of the molecule is COCc1cc(CNc2cc(C)n(C)n2)ccc1OC. The van der Waals surface area contributed by atoms with Crippen LogP contribution >= 0.6 is 0 Å². The second-order valence-electron chi connectivity index (χ2n) is 4.73. The molecule has 108 valence electrons. The van der Waals surface area contributed by atoms with Gasteiger partial charge >= 0.3 is 0 Å². The highest BCUT2D eigenvalue weighted by atomic mass is 16.5. The number of aromatic nitrogens is 2. The summed E-state index contributed by atoms with van der Waals surface area (Å²) in [5, 5.41) is 7.69. The van der Waals surface area contributed by atoms with Crippen LogP contribution in [0.25, 0.3) is 0 Å². The molecular formula is C15H21N3O2. The first-order valence-corrected chi connectivity index (χ1v) is 6.53. The molecule has 2 aromatic rings. The predicted octanol–water partition coefficient (Wildman–Crippen LogP) is 2.50. The number of ether oxygens (including phenoxy) is 2. The highest BCUT2D eigenvalue weighted by Gasteiger charge is 2.05. The molecule has 1 aromatic carbocycles. The van der Waals surface area contributed by atoms with Gasteiger partial charge in [-0.15, -0.1) is 0 Å². The zero-order valence-electron chi connectivity index (χ0n) is 12.4. The van der Waals surface area contributed by atoms with E-state index >= 15 is 0 Å². The Labute approximate surface area is 119 Å². The first-order chi connectivity index (χ1) is 9.63. The standard InChI is InChI=1S/C15H21N3O2/c1-11-7-15(17-18(11)2)16-9-12-5-6-14(20-4)13(8-12)10-19-3/h5-8H,9-10H2,1-4H3,(H,16,17). The fourth-order valence-electron chi connectivity index (χ4n) is 2.05. The summed E-state index contributed by atoms with van der Waals surface area (Å²) in [4.78, 5) is 0. The number of hydrogen-bond acceptors (Lipinski definition) is 4. The number of nitrogens with one attached hydrogen (secondary N) is 1. The quantitative estimate of drug-likeness (QED) is 0.880.